The van der Waals surface area contributed by atoms with Crippen molar-refractivity contribution in [3.8, 4) is 11.6 Å². The number of aromatic nitrogens is 1. The molecule has 4 rings (SSSR count). The molecule has 148 valence electrons. The molecule has 0 spiro atoms. The van der Waals surface area contributed by atoms with Gasteiger partial charge in [-0.1, -0.05) is 30.3 Å². The molecular formula is C22H15N3O5. The monoisotopic (exact) mass is 401 g/mol. The Hall–Kier alpha value is -4.46. The van der Waals surface area contributed by atoms with E-state index in [-0.39, 0.29) is 11.5 Å². The van der Waals surface area contributed by atoms with Gasteiger partial charge in [-0.15, -0.1) is 0 Å². The summed E-state index contributed by atoms with van der Waals surface area (Å²) in [6, 6.07) is 18.9. The molecule has 0 bridgehead atoms. The maximum Gasteiger partial charge on any atom is 0.368 e. The van der Waals surface area contributed by atoms with Crippen molar-refractivity contribution in [3.05, 3.63) is 89.6 Å². The van der Waals surface area contributed by atoms with E-state index in [0.717, 1.165) is 0 Å². The fraction of sp³-hybridized carbons (Fsp3) is 0. The Morgan fingerprint density at radius 3 is 2.40 bits per heavy atom. The Morgan fingerprint density at radius 2 is 1.77 bits per heavy atom. The number of hydroxylamine groups is 1. The van der Waals surface area contributed by atoms with E-state index in [4.69, 9.17) is 4.74 Å². The van der Waals surface area contributed by atoms with Crippen LogP contribution < -0.4 is 15.5 Å². The highest BCUT2D eigenvalue weighted by atomic mass is 16.7. The molecule has 1 fully saturated rings. The summed E-state index contributed by atoms with van der Waals surface area (Å²) in [5, 5.41) is 2.76. The number of ether oxygens (including phenoxy) is 1. The van der Waals surface area contributed by atoms with Crippen molar-refractivity contribution in [2.45, 2.75) is 0 Å². The van der Waals surface area contributed by atoms with Crippen LogP contribution in [0.3, 0.4) is 0 Å². The maximum atomic E-state index is 12.2. The van der Waals surface area contributed by atoms with Gasteiger partial charge in [0, 0.05) is 11.6 Å². The van der Waals surface area contributed by atoms with Gasteiger partial charge in [-0.05, 0) is 42.0 Å². The number of nitrogens with zero attached hydrogens (tertiary/aromatic N) is 1. The van der Waals surface area contributed by atoms with Gasteiger partial charge in [0.2, 0.25) is 5.88 Å². The molecule has 30 heavy (non-hydrogen) atoms. The molecule has 0 atom stereocenters. The summed E-state index contributed by atoms with van der Waals surface area (Å²) >= 11 is 0. The molecule has 1 aliphatic heterocycles. The first-order valence-corrected chi connectivity index (χ1v) is 8.92. The van der Waals surface area contributed by atoms with E-state index in [1.165, 1.54) is 12.3 Å². The number of hydrogen-bond acceptors (Lipinski definition) is 6. The van der Waals surface area contributed by atoms with Gasteiger partial charge in [-0.3, -0.25) is 9.59 Å². The van der Waals surface area contributed by atoms with Crippen LogP contribution in [0.25, 0.3) is 6.08 Å². The lowest BCUT2D eigenvalue weighted by Crippen LogP contribution is -2.12. The maximum absolute atomic E-state index is 12.2. The minimum absolute atomic E-state index is 0.0709. The van der Waals surface area contributed by atoms with Gasteiger partial charge in [0.15, 0.2) is 0 Å². The van der Waals surface area contributed by atoms with E-state index in [1.807, 2.05) is 11.5 Å². The average molecular weight is 401 g/mol. The van der Waals surface area contributed by atoms with Crippen LogP contribution in [-0.2, 0) is 14.4 Å². The zero-order valence-electron chi connectivity index (χ0n) is 15.5. The number of rotatable bonds is 5. The van der Waals surface area contributed by atoms with Crippen LogP contribution in [0.2, 0.25) is 0 Å². The summed E-state index contributed by atoms with van der Waals surface area (Å²) in [7, 11) is 0. The van der Waals surface area contributed by atoms with Gasteiger partial charge in [-0.2, -0.15) is 5.48 Å². The van der Waals surface area contributed by atoms with Crippen molar-refractivity contribution in [2.75, 3.05) is 5.32 Å². The number of carbonyl (C=O) groups is 3. The van der Waals surface area contributed by atoms with Crippen LogP contribution in [0.15, 0.2) is 78.5 Å². The van der Waals surface area contributed by atoms with E-state index in [9.17, 15) is 14.4 Å². The van der Waals surface area contributed by atoms with Gasteiger partial charge in [-0.25, -0.2) is 9.78 Å². The molecule has 2 N–H and O–H groups in total. The molecule has 2 aromatic carbocycles. The van der Waals surface area contributed by atoms with E-state index in [0.29, 0.717) is 28.4 Å². The van der Waals surface area contributed by atoms with Crippen LogP contribution >= 0.6 is 0 Å². The van der Waals surface area contributed by atoms with E-state index >= 15 is 0 Å². The largest absolute Gasteiger partial charge is 0.439 e. The molecule has 8 nitrogen and oxygen atoms in total. The van der Waals surface area contributed by atoms with Crippen molar-refractivity contribution in [3.63, 3.8) is 0 Å². The number of amides is 2. The summed E-state index contributed by atoms with van der Waals surface area (Å²) in [5.41, 5.74) is 3.65. The smallest absolute Gasteiger partial charge is 0.368 e. The number of hydrogen-bond donors (Lipinski definition) is 2. The number of nitrogens with one attached hydrogen (secondary N) is 2. The van der Waals surface area contributed by atoms with Crippen LogP contribution in [0.5, 0.6) is 11.6 Å². The molecule has 0 aliphatic carbocycles. The highest BCUT2D eigenvalue weighted by Crippen LogP contribution is 2.22. The second kappa shape index (κ2) is 8.27. The zero-order valence-corrected chi connectivity index (χ0v) is 15.5. The van der Waals surface area contributed by atoms with Gasteiger partial charge in [0.25, 0.3) is 11.8 Å². The fourth-order valence-corrected chi connectivity index (χ4v) is 2.65. The van der Waals surface area contributed by atoms with Crippen LogP contribution in [0.4, 0.5) is 5.69 Å². The second-order valence-electron chi connectivity index (χ2n) is 6.26. The van der Waals surface area contributed by atoms with Crippen molar-refractivity contribution < 1.29 is 24.0 Å². The van der Waals surface area contributed by atoms with Crippen molar-refractivity contribution in [2.24, 2.45) is 0 Å². The number of anilines is 1. The molecule has 8 heteroatoms. The quantitative estimate of drug-likeness (QED) is 0.503. The Morgan fingerprint density at radius 1 is 1.00 bits per heavy atom. The standard InChI is InChI=1S/C22H15N3O5/c26-20(15-4-2-1-3-5-15)24-16-8-11-19(23-13-16)29-17-9-6-14(7-10-17)12-18-21(27)25-30-22(18)28/h1-13H,(H,24,26)(H,25,27). The van der Waals surface area contributed by atoms with E-state index in [1.54, 1.807) is 60.7 Å². The molecule has 1 aromatic heterocycles. The Kier molecular flexibility index (Phi) is 5.21. The third-order valence-corrected chi connectivity index (χ3v) is 4.14. The molecule has 1 saturated heterocycles. The Bertz CT molecular complexity index is 1110. The molecule has 0 radical (unpaired) electrons. The van der Waals surface area contributed by atoms with Crippen LogP contribution in [0, 0.1) is 0 Å². The molecule has 2 amide bonds. The third kappa shape index (κ3) is 4.33. The first-order chi connectivity index (χ1) is 14.6. The summed E-state index contributed by atoms with van der Waals surface area (Å²) in [6.45, 7) is 0. The minimum atomic E-state index is -0.719. The number of pyridine rings is 1. The van der Waals surface area contributed by atoms with Crippen LogP contribution in [0.1, 0.15) is 15.9 Å². The van der Waals surface area contributed by atoms with Crippen molar-refractivity contribution >= 4 is 29.5 Å². The first kappa shape index (κ1) is 18.9. The first-order valence-electron chi connectivity index (χ1n) is 8.92. The lowest BCUT2D eigenvalue weighted by Gasteiger charge is -2.07. The predicted octanol–water partition coefficient (Wildman–Crippen LogP) is 3.10. The molecule has 1 aliphatic rings. The van der Waals surface area contributed by atoms with Crippen LogP contribution in [-0.4, -0.2) is 22.8 Å². The molecule has 2 heterocycles. The number of carbonyl (C=O) groups excluding carboxylic acids is 3. The molecule has 3 aromatic rings. The molecular weight excluding hydrogens is 386 g/mol. The SMILES string of the molecule is O=C1NOC(=O)C1=Cc1ccc(Oc2ccc(NC(=O)c3ccccc3)cn2)cc1. The van der Waals surface area contributed by atoms with Gasteiger partial charge >= 0.3 is 5.97 Å². The summed E-state index contributed by atoms with van der Waals surface area (Å²) in [4.78, 5) is 43.7. The topological polar surface area (TPSA) is 107 Å². The zero-order chi connectivity index (χ0) is 20.9. The molecule has 0 unspecified atom stereocenters. The third-order valence-electron chi connectivity index (χ3n) is 4.14. The molecule has 0 saturated carbocycles. The van der Waals surface area contributed by atoms with Gasteiger partial charge in [0.1, 0.15) is 11.3 Å². The minimum Gasteiger partial charge on any atom is -0.439 e. The van der Waals surface area contributed by atoms with E-state index < -0.39 is 11.9 Å². The predicted molar refractivity (Wildman–Crippen MR) is 107 cm³/mol. The highest BCUT2D eigenvalue weighted by molar-refractivity contribution is 6.22. The van der Waals surface area contributed by atoms with Gasteiger partial charge < -0.3 is 14.9 Å². The number of benzene rings is 2. The Labute approximate surface area is 171 Å². The van der Waals surface area contributed by atoms with Gasteiger partial charge in [0.05, 0.1) is 11.9 Å². The highest BCUT2D eigenvalue weighted by Gasteiger charge is 2.28. The van der Waals surface area contributed by atoms with Crippen molar-refractivity contribution in [1.29, 1.82) is 0 Å². The van der Waals surface area contributed by atoms with E-state index in [2.05, 4.69) is 15.1 Å². The lowest BCUT2D eigenvalue weighted by atomic mass is 10.1. The lowest BCUT2D eigenvalue weighted by molar-refractivity contribution is -0.143. The fourth-order valence-electron chi connectivity index (χ4n) is 2.65. The summed E-state index contributed by atoms with van der Waals surface area (Å²) in [6.07, 6.45) is 2.93. The average Bonchev–Trinajstić information content (AvgIpc) is 3.09. The summed E-state index contributed by atoms with van der Waals surface area (Å²) in [5.74, 6) is -0.662. The van der Waals surface area contributed by atoms with Crippen molar-refractivity contribution in [1.82, 2.24) is 10.5 Å². The summed E-state index contributed by atoms with van der Waals surface area (Å²) < 4.78 is 5.67. The second-order valence-corrected chi connectivity index (χ2v) is 6.26. The Balaban J connectivity index is 1.39. The normalized spacial score (nSPS) is 14.2.